The smallest absolute Gasteiger partial charge is 0.230 e. The van der Waals surface area contributed by atoms with Gasteiger partial charge in [-0.1, -0.05) is 0 Å². The molecule has 2 aromatic heterocycles. The van der Waals surface area contributed by atoms with Gasteiger partial charge in [-0.25, -0.2) is 21.8 Å². The normalized spacial score (nSPS) is 19.3. The Balaban J connectivity index is 1.48. The van der Waals surface area contributed by atoms with E-state index in [9.17, 15) is 16.8 Å². The summed E-state index contributed by atoms with van der Waals surface area (Å²) in [7, 11) is -6.57. The van der Waals surface area contributed by atoms with Gasteiger partial charge in [0.1, 0.15) is 6.89 Å². The van der Waals surface area contributed by atoms with Crippen LogP contribution in [0.15, 0.2) is 29.0 Å². The molecule has 0 radical (unpaired) electrons. The molecule has 0 spiro atoms. The summed E-state index contributed by atoms with van der Waals surface area (Å²) in [6.45, 7) is 2.94. The van der Waals surface area contributed by atoms with Crippen LogP contribution in [0.2, 0.25) is 0 Å². The molecule has 2 aliphatic heterocycles. The standard InChI is InChI=1S/C20H26N8O5S2/c1-34(29,30)27-9-5-25(6-10-27)19-22-18(15-3-4-16-17(13-15)33-14-21-16)23-20(24-19)26-7-11-28(12-8-26)35(2,31)32/h3-4,13-14H,5-12H2,1-2H3/i14D. The molecule has 188 valence electrons. The van der Waals surface area contributed by atoms with Crippen molar-refractivity contribution in [3.05, 3.63) is 24.6 Å². The van der Waals surface area contributed by atoms with Crippen LogP contribution in [0.4, 0.5) is 11.9 Å². The SMILES string of the molecule is [2H]c1nc2ccc(-c3nc(N4CCN(S(C)(=O)=O)CC4)nc(N4CCN(S(C)(=O)=O)CC4)n3)cc2o1. The number of piperazine rings is 2. The van der Waals surface area contributed by atoms with E-state index in [-0.39, 0.29) is 6.37 Å². The molecule has 1 aromatic carbocycles. The minimum Gasteiger partial charge on any atom is -0.443 e. The third-order valence-electron chi connectivity index (χ3n) is 6.13. The van der Waals surface area contributed by atoms with E-state index in [0.717, 1.165) is 0 Å². The Bertz CT molecular complexity index is 1430. The van der Waals surface area contributed by atoms with Gasteiger partial charge in [-0.05, 0) is 18.2 Å². The molecule has 2 aliphatic rings. The van der Waals surface area contributed by atoms with Crippen LogP contribution in [0.25, 0.3) is 22.5 Å². The van der Waals surface area contributed by atoms with Crippen LogP contribution < -0.4 is 9.80 Å². The van der Waals surface area contributed by atoms with Crippen molar-refractivity contribution in [2.45, 2.75) is 0 Å². The average Bonchev–Trinajstić information content (AvgIpc) is 3.22. The van der Waals surface area contributed by atoms with Crippen molar-refractivity contribution in [2.75, 3.05) is 74.7 Å². The Morgan fingerprint density at radius 2 is 1.31 bits per heavy atom. The Kier molecular flexibility index (Phi) is 5.78. The third-order valence-corrected chi connectivity index (χ3v) is 8.74. The molecule has 0 saturated carbocycles. The maximum Gasteiger partial charge on any atom is 0.230 e. The van der Waals surface area contributed by atoms with E-state index in [1.165, 1.54) is 21.1 Å². The van der Waals surface area contributed by atoms with Gasteiger partial charge in [0.2, 0.25) is 31.9 Å². The van der Waals surface area contributed by atoms with Crippen LogP contribution in [-0.2, 0) is 20.0 Å². The van der Waals surface area contributed by atoms with E-state index < -0.39 is 20.0 Å². The first-order chi connectivity index (χ1) is 17.0. The highest BCUT2D eigenvalue weighted by Crippen LogP contribution is 2.26. The van der Waals surface area contributed by atoms with Gasteiger partial charge in [0.25, 0.3) is 0 Å². The quantitative estimate of drug-likeness (QED) is 0.440. The molecule has 0 bridgehead atoms. The molecule has 3 aromatic rings. The number of sulfonamides is 2. The fourth-order valence-corrected chi connectivity index (χ4v) is 5.81. The predicted molar refractivity (Wildman–Crippen MR) is 130 cm³/mol. The fourth-order valence-electron chi connectivity index (χ4n) is 4.15. The first-order valence-corrected chi connectivity index (χ1v) is 14.7. The lowest BCUT2D eigenvalue weighted by molar-refractivity contribution is 0.383. The molecule has 5 rings (SSSR count). The highest BCUT2D eigenvalue weighted by atomic mass is 32.2. The second-order valence-corrected chi connectivity index (χ2v) is 12.5. The summed E-state index contributed by atoms with van der Waals surface area (Å²) in [6.07, 6.45) is 2.20. The molecule has 2 saturated heterocycles. The lowest BCUT2D eigenvalue weighted by Gasteiger charge is -2.35. The van der Waals surface area contributed by atoms with E-state index in [1.807, 2.05) is 9.80 Å². The summed E-state index contributed by atoms with van der Waals surface area (Å²) in [5.74, 6) is 1.20. The van der Waals surface area contributed by atoms with Crippen molar-refractivity contribution in [1.29, 1.82) is 0 Å². The highest BCUT2D eigenvalue weighted by Gasteiger charge is 2.28. The molecule has 0 atom stereocenters. The number of hydrogen-bond acceptors (Lipinski definition) is 11. The van der Waals surface area contributed by atoms with E-state index in [0.29, 0.717) is 86.7 Å². The number of oxazole rings is 1. The molecule has 0 amide bonds. The third kappa shape index (κ3) is 5.07. The van der Waals surface area contributed by atoms with Crippen LogP contribution in [0.3, 0.4) is 0 Å². The van der Waals surface area contributed by atoms with E-state index in [1.54, 1.807) is 18.2 Å². The maximum absolute atomic E-state index is 11.9. The Hall–Kier alpha value is -2.88. The molecular weight excluding hydrogens is 496 g/mol. The second-order valence-electron chi connectivity index (χ2n) is 8.54. The van der Waals surface area contributed by atoms with Crippen LogP contribution >= 0.6 is 0 Å². The van der Waals surface area contributed by atoms with Gasteiger partial charge < -0.3 is 14.2 Å². The Morgan fingerprint density at radius 1 is 0.800 bits per heavy atom. The maximum atomic E-state index is 11.9. The number of hydrogen-bond donors (Lipinski definition) is 0. The van der Waals surface area contributed by atoms with Crippen LogP contribution in [0.1, 0.15) is 1.37 Å². The summed E-state index contributed by atoms with van der Waals surface area (Å²) in [4.78, 5) is 21.9. The summed E-state index contributed by atoms with van der Waals surface area (Å²) in [5.41, 5.74) is 1.63. The Labute approximate surface area is 204 Å². The van der Waals surface area contributed by atoms with Crippen molar-refractivity contribution in [3.63, 3.8) is 0 Å². The van der Waals surface area contributed by atoms with Gasteiger partial charge in [0.05, 0.1) is 12.5 Å². The van der Waals surface area contributed by atoms with Crippen molar-refractivity contribution in [3.8, 4) is 11.4 Å². The molecule has 15 heteroatoms. The molecule has 35 heavy (non-hydrogen) atoms. The molecule has 0 N–H and O–H groups in total. The molecule has 0 aliphatic carbocycles. The van der Waals surface area contributed by atoms with Crippen LogP contribution in [-0.4, -0.2) is 110 Å². The lowest BCUT2D eigenvalue weighted by Crippen LogP contribution is -2.50. The van der Waals surface area contributed by atoms with Gasteiger partial charge >= 0.3 is 0 Å². The van der Waals surface area contributed by atoms with Crippen molar-refractivity contribution in [1.82, 2.24) is 28.5 Å². The van der Waals surface area contributed by atoms with Gasteiger partial charge in [-0.3, -0.25) is 0 Å². The van der Waals surface area contributed by atoms with Crippen molar-refractivity contribution >= 4 is 43.0 Å². The Morgan fingerprint density at radius 3 is 1.80 bits per heavy atom. The van der Waals surface area contributed by atoms with E-state index in [4.69, 9.17) is 5.79 Å². The van der Waals surface area contributed by atoms with Gasteiger partial charge in [-0.2, -0.15) is 23.6 Å². The van der Waals surface area contributed by atoms with Crippen molar-refractivity contribution < 1.29 is 22.6 Å². The summed E-state index contributed by atoms with van der Waals surface area (Å²) < 4.78 is 63.5. The van der Waals surface area contributed by atoms with Gasteiger partial charge in [-0.15, -0.1) is 0 Å². The van der Waals surface area contributed by atoms with Gasteiger partial charge in [0, 0.05) is 57.9 Å². The summed E-state index contributed by atoms with van der Waals surface area (Å²) in [6, 6.07) is 5.23. The fraction of sp³-hybridized carbons (Fsp3) is 0.500. The monoisotopic (exact) mass is 523 g/mol. The number of fused-ring (bicyclic) bond motifs is 1. The zero-order chi connectivity index (χ0) is 25.7. The number of benzene rings is 1. The number of nitrogens with zero attached hydrogens (tertiary/aromatic N) is 8. The average molecular weight is 524 g/mol. The summed E-state index contributed by atoms with van der Waals surface area (Å²) in [5, 5.41) is 0. The van der Waals surface area contributed by atoms with Crippen LogP contribution in [0.5, 0.6) is 0 Å². The van der Waals surface area contributed by atoms with E-state index >= 15 is 0 Å². The number of anilines is 2. The minimum atomic E-state index is -3.28. The first kappa shape index (κ1) is 22.6. The second kappa shape index (κ2) is 8.96. The molecule has 13 nitrogen and oxygen atoms in total. The largest absolute Gasteiger partial charge is 0.443 e. The topological polar surface area (TPSA) is 146 Å². The molecule has 2 fully saturated rings. The van der Waals surface area contributed by atoms with Crippen LogP contribution in [0, 0.1) is 0 Å². The number of rotatable bonds is 5. The zero-order valence-corrected chi connectivity index (χ0v) is 21.0. The minimum absolute atomic E-state index is 0.188. The molecular formula is C20H26N8O5S2. The number of aromatic nitrogens is 4. The lowest BCUT2D eigenvalue weighted by atomic mass is 10.2. The predicted octanol–water partition coefficient (Wildman–Crippen LogP) is -0.157. The van der Waals surface area contributed by atoms with Gasteiger partial charge in [0.15, 0.2) is 17.8 Å². The first-order valence-electron chi connectivity index (χ1n) is 11.5. The summed E-state index contributed by atoms with van der Waals surface area (Å²) >= 11 is 0. The zero-order valence-electron chi connectivity index (χ0n) is 20.3. The van der Waals surface area contributed by atoms with Crippen molar-refractivity contribution in [2.24, 2.45) is 0 Å². The molecule has 0 unspecified atom stereocenters. The highest BCUT2D eigenvalue weighted by molar-refractivity contribution is 7.88. The van der Waals surface area contributed by atoms with E-state index in [2.05, 4.69) is 19.9 Å². The molecule has 4 heterocycles.